The number of hydrogen-bond donors (Lipinski definition) is 1. The second kappa shape index (κ2) is 6.28. The third kappa shape index (κ3) is 3.13. The zero-order valence-electron chi connectivity index (χ0n) is 10.7. The number of halogens is 1. The molecular weight excluding hydrogens is 300 g/mol. The van der Waals surface area contributed by atoms with Gasteiger partial charge in [-0.3, -0.25) is 19.5 Å². The van der Waals surface area contributed by atoms with Gasteiger partial charge in [0.25, 0.3) is 0 Å². The molecule has 1 atom stereocenters. The van der Waals surface area contributed by atoms with E-state index < -0.39 is 11.2 Å². The van der Waals surface area contributed by atoms with E-state index >= 15 is 0 Å². The van der Waals surface area contributed by atoms with E-state index in [-0.39, 0.29) is 12.3 Å². The number of amides is 1. The van der Waals surface area contributed by atoms with Gasteiger partial charge < -0.3 is 5.11 Å². The first-order valence-electron chi connectivity index (χ1n) is 6.05. The summed E-state index contributed by atoms with van der Waals surface area (Å²) in [5.41, 5.74) is 0.645. The summed E-state index contributed by atoms with van der Waals surface area (Å²) < 4.78 is 0. The zero-order chi connectivity index (χ0) is 14.7. The van der Waals surface area contributed by atoms with Gasteiger partial charge in [-0.25, -0.2) is 0 Å². The number of amidine groups is 1. The molecule has 20 heavy (non-hydrogen) atoms. The number of aliphatic carboxylic acids is 1. The van der Waals surface area contributed by atoms with Crippen LogP contribution in [0.5, 0.6) is 0 Å². The molecule has 1 saturated heterocycles. The van der Waals surface area contributed by atoms with Crippen molar-refractivity contribution in [3.63, 3.8) is 0 Å². The molecule has 1 amide bonds. The number of rotatable bonds is 4. The number of carbonyl (C=O) groups is 2. The molecule has 0 aromatic heterocycles. The number of carbonyl (C=O) groups excluding carboxylic acids is 1. The molecule has 1 unspecified atom stereocenters. The van der Waals surface area contributed by atoms with Crippen molar-refractivity contribution >= 4 is 46.1 Å². The lowest BCUT2D eigenvalue weighted by Crippen LogP contribution is -2.32. The van der Waals surface area contributed by atoms with E-state index in [9.17, 15) is 9.59 Å². The van der Waals surface area contributed by atoms with Crippen LogP contribution in [0.25, 0.3) is 0 Å². The van der Waals surface area contributed by atoms with Crippen LogP contribution in [0.4, 0.5) is 5.69 Å². The molecule has 0 aliphatic carbocycles. The average Bonchev–Trinajstić information content (AvgIpc) is 2.67. The first-order chi connectivity index (χ1) is 9.52. The minimum absolute atomic E-state index is 0.212. The number of benzene rings is 1. The van der Waals surface area contributed by atoms with Crippen molar-refractivity contribution in [3.8, 4) is 0 Å². The third-order valence-electron chi connectivity index (χ3n) is 2.67. The molecule has 1 aromatic carbocycles. The highest BCUT2D eigenvalue weighted by atomic mass is 35.5. The van der Waals surface area contributed by atoms with Gasteiger partial charge >= 0.3 is 5.97 Å². The SMILES string of the molecule is CCN=C1SC(CC(=O)O)C(=O)N1c1ccc(Cl)cc1. The van der Waals surface area contributed by atoms with E-state index in [0.717, 1.165) is 0 Å². The lowest BCUT2D eigenvalue weighted by atomic mass is 10.2. The van der Waals surface area contributed by atoms with Crippen molar-refractivity contribution in [1.82, 2.24) is 0 Å². The van der Waals surface area contributed by atoms with E-state index in [1.165, 1.54) is 16.7 Å². The fourth-order valence-electron chi connectivity index (χ4n) is 1.83. The van der Waals surface area contributed by atoms with Crippen LogP contribution in [-0.2, 0) is 9.59 Å². The Morgan fingerprint density at radius 1 is 1.45 bits per heavy atom. The summed E-state index contributed by atoms with van der Waals surface area (Å²) in [5.74, 6) is -1.25. The summed E-state index contributed by atoms with van der Waals surface area (Å²) in [7, 11) is 0. The molecule has 1 heterocycles. The van der Waals surface area contributed by atoms with Crippen molar-refractivity contribution in [2.24, 2.45) is 4.99 Å². The predicted molar refractivity (Wildman–Crippen MR) is 80.5 cm³/mol. The lowest BCUT2D eigenvalue weighted by molar-refractivity contribution is -0.138. The molecule has 2 rings (SSSR count). The van der Waals surface area contributed by atoms with Gasteiger partial charge in [0.05, 0.1) is 12.1 Å². The van der Waals surface area contributed by atoms with E-state index in [0.29, 0.717) is 22.4 Å². The third-order valence-corrected chi connectivity index (χ3v) is 4.10. The second-order valence-electron chi connectivity index (χ2n) is 4.11. The largest absolute Gasteiger partial charge is 0.481 e. The second-order valence-corrected chi connectivity index (χ2v) is 5.72. The quantitative estimate of drug-likeness (QED) is 0.928. The Morgan fingerprint density at radius 2 is 2.10 bits per heavy atom. The van der Waals surface area contributed by atoms with Gasteiger partial charge in [-0.1, -0.05) is 23.4 Å². The van der Waals surface area contributed by atoms with Gasteiger partial charge in [0.1, 0.15) is 5.25 Å². The monoisotopic (exact) mass is 312 g/mol. The lowest BCUT2D eigenvalue weighted by Gasteiger charge is -2.16. The summed E-state index contributed by atoms with van der Waals surface area (Å²) in [6.45, 7) is 2.39. The van der Waals surface area contributed by atoms with Crippen molar-refractivity contribution < 1.29 is 14.7 Å². The molecule has 0 bridgehead atoms. The van der Waals surface area contributed by atoms with Crippen LogP contribution in [-0.4, -0.2) is 33.9 Å². The number of anilines is 1. The molecule has 7 heteroatoms. The fraction of sp³-hybridized carbons (Fsp3) is 0.308. The van der Waals surface area contributed by atoms with E-state index in [1.54, 1.807) is 24.3 Å². The highest BCUT2D eigenvalue weighted by molar-refractivity contribution is 8.16. The van der Waals surface area contributed by atoms with Gasteiger partial charge in [-0.05, 0) is 31.2 Å². The molecule has 0 saturated carbocycles. The Bertz CT molecular complexity index is 559. The molecule has 0 radical (unpaired) electrons. The highest BCUT2D eigenvalue weighted by Crippen LogP contribution is 2.34. The molecule has 1 N–H and O–H groups in total. The number of nitrogens with zero attached hydrogens (tertiary/aromatic N) is 2. The average molecular weight is 313 g/mol. The summed E-state index contributed by atoms with van der Waals surface area (Å²) in [4.78, 5) is 28.9. The topological polar surface area (TPSA) is 70.0 Å². The summed E-state index contributed by atoms with van der Waals surface area (Å²) >= 11 is 7.02. The summed E-state index contributed by atoms with van der Waals surface area (Å²) in [6, 6.07) is 6.80. The van der Waals surface area contributed by atoms with Crippen LogP contribution in [0.15, 0.2) is 29.3 Å². The minimum Gasteiger partial charge on any atom is -0.481 e. The molecule has 0 spiro atoms. The van der Waals surface area contributed by atoms with Crippen molar-refractivity contribution in [1.29, 1.82) is 0 Å². The van der Waals surface area contributed by atoms with Crippen LogP contribution in [0.1, 0.15) is 13.3 Å². The van der Waals surface area contributed by atoms with E-state index in [2.05, 4.69) is 4.99 Å². The zero-order valence-corrected chi connectivity index (χ0v) is 12.3. The Balaban J connectivity index is 2.33. The first kappa shape index (κ1) is 14.9. The van der Waals surface area contributed by atoms with E-state index in [4.69, 9.17) is 16.7 Å². The van der Waals surface area contributed by atoms with Gasteiger partial charge in [-0.15, -0.1) is 0 Å². The minimum atomic E-state index is -0.996. The smallest absolute Gasteiger partial charge is 0.305 e. The highest BCUT2D eigenvalue weighted by Gasteiger charge is 2.39. The van der Waals surface area contributed by atoms with Crippen LogP contribution >= 0.6 is 23.4 Å². The van der Waals surface area contributed by atoms with Gasteiger partial charge in [-0.2, -0.15) is 0 Å². The Hall–Kier alpha value is -1.53. The molecule has 1 aliphatic heterocycles. The molecule has 5 nitrogen and oxygen atoms in total. The predicted octanol–water partition coefficient (Wildman–Crippen LogP) is 2.64. The standard InChI is InChI=1S/C13H13ClN2O3S/c1-2-15-13-16(9-5-3-8(14)4-6-9)12(19)10(20-13)7-11(17)18/h3-6,10H,2,7H2,1H3,(H,17,18). The summed E-state index contributed by atoms with van der Waals surface area (Å²) in [6.07, 6.45) is -0.212. The van der Waals surface area contributed by atoms with Crippen LogP contribution in [0.3, 0.4) is 0 Å². The van der Waals surface area contributed by atoms with Crippen molar-refractivity contribution in [2.45, 2.75) is 18.6 Å². The Labute approximate surface area is 125 Å². The molecule has 1 fully saturated rings. The first-order valence-corrected chi connectivity index (χ1v) is 7.31. The van der Waals surface area contributed by atoms with Gasteiger partial charge in [0, 0.05) is 11.6 Å². The molecular formula is C13H13ClN2O3S. The normalized spacial score (nSPS) is 20.7. The maximum absolute atomic E-state index is 12.3. The fourth-order valence-corrected chi connectivity index (χ4v) is 3.14. The Morgan fingerprint density at radius 3 is 2.65 bits per heavy atom. The summed E-state index contributed by atoms with van der Waals surface area (Å²) in [5, 5.41) is 9.34. The van der Waals surface area contributed by atoms with E-state index in [1.807, 2.05) is 6.92 Å². The molecule has 1 aromatic rings. The van der Waals surface area contributed by atoms with Crippen molar-refractivity contribution in [3.05, 3.63) is 29.3 Å². The van der Waals surface area contributed by atoms with Crippen LogP contribution in [0, 0.1) is 0 Å². The van der Waals surface area contributed by atoms with Crippen LogP contribution < -0.4 is 4.90 Å². The van der Waals surface area contributed by atoms with Gasteiger partial charge in [0.2, 0.25) is 5.91 Å². The molecule has 1 aliphatic rings. The number of carboxylic acids is 1. The van der Waals surface area contributed by atoms with Gasteiger partial charge in [0.15, 0.2) is 5.17 Å². The maximum Gasteiger partial charge on any atom is 0.305 e. The molecule has 106 valence electrons. The maximum atomic E-state index is 12.3. The van der Waals surface area contributed by atoms with Crippen LogP contribution in [0.2, 0.25) is 5.02 Å². The number of carboxylic acid groups (broad SMARTS) is 1. The number of thioether (sulfide) groups is 1. The number of hydrogen-bond acceptors (Lipinski definition) is 4. The van der Waals surface area contributed by atoms with Crippen molar-refractivity contribution in [2.75, 3.05) is 11.4 Å². The Kier molecular flexibility index (Phi) is 4.67. The number of aliphatic imine (C=N–C) groups is 1.